The van der Waals surface area contributed by atoms with E-state index in [0.29, 0.717) is 24.5 Å². The third kappa shape index (κ3) is 12.1. The van der Waals surface area contributed by atoms with Crippen LogP contribution in [0.15, 0.2) is 106 Å². The molecule has 2 aliphatic rings. The fraction of sp³-hybridized carbons (Fsp3) is 0.311. The van der Waals surface area contributed by atoms with Gasteiger partial charge in [-0.25, -0.2) is 13.6 Å². The lowest BCUT2D eigenvalue weighted by Crippen LogP contribution is -2.57. The van der Waals surface area contributed by atoms with Crippen molar-refractivity contribution in [3.8, 4) is 22.9 Å². The fourth-order valence-corrected chi connectivity index (χ4v) is 6.69. The van der Waals surface area contributed by atoms with Crippen molar-refractivity contribution in [2.45, 2.75) is 51.8 Å². The van der Waals surface area contributed by atoms with Crippen LogP contribution in [0.4, 0.5) is 51.3 Å². The molecule has 23 heteroatoms. The lowest BCUT2D eigenvalue weighted by atomic mass is 9.98. The number of amides is 3. The van der Waals surface area contributed by atoms with Gasteiger partial charge in [0.2, 0.25) is 23.6 Å². The molecule has 2 fully saturated rings. The molecule has 8 rings (SSSR count). The molecule has 4 heterocycles. The standard InChI is InChI=1S/C25H24F4N4O4.C20H16F4N4O2.ClH/c1-24(2,3)37-23(35)32-12-17(13-32)21(34)33(18-7-5-4-6-8-18)14-16-10-9-15(11-19(16)26)20-30-31-22(36-20)25(27,28)29;21-16-8-12(17-26-27-19(30-17)20(22,23)24)6-7-13(16)11-28(15-4-2-1-3-5-15)18(29)14-9-25-10-14;/h4-11,17H,12-14H2,1-3H3;1-8,14,25H,9-11H2;1H. The van der Waals surface area contributed by atoms with E-state index in [-0.39, 0.29) is 78.6 Å². The molecule has 0 radical (unpaired) electrons. The topological polar surface area (TPSA) is 160 Å². The Balaban J connectivity index is 0.000000225. The number of para-hydroxylation sites is 2. The van der Waals surface area contributed by atoms with Crippen molar-refractivity contribution in [2.75, 3.05) is 36.0 Å². The summed E-state index contributed by atoms with van der Waals surface area (Å²) in [6.07, 6.45) is -10.1. The van der Waals surface area contributed by atoms with Crippen molar-refractivity contribution < 1.29 is 63.1 Å². The summed E-state index contributed by atoms with van der Waals surface area (Å²) in [5.41, 5.74) is 0.803. The van der Waals surface area contributed by atoms with E-state index < -0.39 is 65.2 Å². The second-order valence-corrected chi connectivity index (χ2v) is 16.4. The molecule has 2 aliphatic heterocycles. The Bertz CT molecular complexity index is 2700. The van der Waals surface area contributed by atoms with Crippen LogP contribution in [-0.4, -0.2) is 75.0 Å². The van der Waals surface area contributed by atoms with Crippen LogP contribution in [0.2, 0.25) is 0 Å². The Labute approximate surface area is 388 Å². The van der Waals surface area contributed by atoms with Gasteiger partial charge in [-0.05, 0) is 69.3 Å². The van der Waals surface area contributed by atoms with Crippen molar-refractivity contribution in [2.24, 2.45) is 11.8 Å². The third-order valence-corrected chi connectivity index (χ3v) is 10.3. The molecule has 0 aliphatic carbocycles. The highest BCUT2D eigenvalue weighted by Gasteiger charge is 2.41. The number of halogens is 9. The molecule has 360 valence electrons. The number of rotatable bonds is 10. The quantitative estimate of drug-likeness (QED) is 0.130. The summed E-state index contributed by atoms with van der Waals surface area (Å²) >= 11 is 0. The monoisotopic (exact) mass is 976 g/mol. The molecule has 0 bridgehead atoms. The number of nitrogens with one attached hydrogen (secondary N) is 1. The van der Waals surface area contributed by atoms with E-state index in [1.807, 2.05) is 6.07 Å². The minimum atomic E-state index is -4.82. The van der Waals surface area contributed by atoms with E-state index in [1.54, 1.807) is 75.4 Å². The third-order valence-electron chi connectivity index (χ3n) is 10.3. The van der Waals surface area contributed by atoms with Gasteiger partial charge in [-0.3, -0.25) is 9.59 Å². The predicted molar refractivity (Wildman–Crippen MR) is 230 cm³/mol. The number of likely N-dealkylation sites (tertiary alicyclic amines) is 1. The van der Waals surface area contributed by atoms with Gasteiger partial charge in [0.1, 0.15) is 17.2 Å². The molecule has 0 unspecified atom stereocenters. The zero-order valence-corrected chi connectivity index (χ0v) is 37.0. The summed E-state index contributed by atoms with van der Waals surface area (Å²) in [5.74, 6) is -6.54. The molecule has 6 aromatic rings. The second kappa shape index (κ2) is 20.5. The van der Waals surface area contributed by atoms with Crippen LogP contribution in [0.3, 0.4) is 0 Å². The van der Waals surface area contributed by atoms with Crippen molar-refractivity contribution in [1.29, 1.82) is 0 Å². The fourth-order valence-electron chi connectivity index (χ4n) is 6.69. The smallest absolute Gasteiger partial charge is 0.444 e. The molecule has 2 aromatic heterocycles. The molecule has 14 nitrogen and oxygen atoms in total. The van der Waals surface area contributed by atoms with Crippen molar-refractivity contribution in [3.63, 3.8) is 0 Å². The van der Waals surface area contributed by atoms with Gasteiger partial charge in [0.15, 0.2) is 0 Å². The number of carbonyl (C=O) groups is 3. The average molecular weight is 977 g/mol. The highest BCUT2D eigenvalue weighted by molar-refractivity contribution is 5.97. The molecular weight excluding hydrogens is 936 g/mol. The molecule has 4 aromatic carbocycles. The minimum Gasteiger partial charge on any atom is -0.444 e. The first-order valence-electron chi connectivity index (χ1n) is 20.4. The van der Waals surface area contributed by atoms with Crippen LogP contribution < -0.4 is 15.1 Å². The van der Waals surface area contributed by atoms with E-state index in [9.17, 15) is 45.1 Å². The van der Waals surface area contributed by atoms with Gasteiger partial charge in [0.05, 0.1) is 24.9 Å². The van der Waals surface area contributed by atoms with Crippen LogP contribution in [0.5, 0.6) is 0 Å². The Kier molecular flexibility index (Phi) is 15.2. The summed E-state index contributed by atoms with van der Waals surface area (Å²) in [6, 6.07) is 25.0. The number of hydrogen-bond donors (Lipinski definition) is 1. The molecular formula is C45H41ClF8N8O6. The normalized spacial score (nSPS) is 14.1. The van der Waals surface area contributed by atoms with Crippen LogP contribution in [0.25, 0.3) is 22.9 Å². The summed E-state index contributed by atoms with van der Waals surface area (Å²) in [6.45, 7) is 6.52. The maximum Gasteiger partial charge on any atom is 0.470 e. The summed E-state index contributed by atoms with van der Waals surface area (Å²) < 4.78 is 120. The second-order valence-electron chi connectivity index (χ2n) is 16.4. The van der Waals surface area contributed by atoms with E-state index in [2.05, 4.69) is 34.5 Å². The maximum atomic E-state index is 15.0. The average Bonchev–Trinajstić information content (AvgIpc) is 3.94. The Morgan fingerprint density at radius 2 is 1.06 bits per heavy atom. The zero-order chi connectivity index (χ0) is 48.3. The predicted octanol–water partition coefficient (Wildman–Crippen LogP) is 9.36. The Morgan fingerprint density at radius 3 is 1.40 bits per heavy atom. The van der Waals surface area contributed by atoms with Crippen molar-refractivity contribution >= 4 is 41.7 Å². The van der Waals surface area contributed by atoms with E-state index in [1.165, 1.54) is 39.0 Å². The largest absolute Gasteiger partial charge is 0.470 e. The molecule has 2 saturated heterocycles. The summed E-state index contributed by atoms with van der Waals surface area (Å²) in [7, 11) is 0. The van der Waals surface area contributed by atoms with Crippen molar-refractivity contribution in [1.82, 2.24) is 30.6 Å². The van der Waals surface area contributed by atoms with Gasteiger partial charge in [-0.1, -0.05) is 48.5 Å². The maximum absolute atomic E-state index is 15.0. The summed E-state index contributed by atoms with van der Waals surface area (Å²) in [5, 5.41) is 15.6. The number of hydrogen-bond acceptors (Lipinski definition) is 11. The molecule has 0 spiro atoms. The Morgan fingerprint density at radius 1 is 0.647 bits per heavy atom. The van der Waals surface area contributed by atoms with E-state index in [0.717, 1.165) is 12.1 Å². The van der Waals surface area contributed by atoms with Crippen LogP contribution in [0, 0.1) is 23.5 Å². The first-order valence-corrected chi connectivity index (χ1v) is 20.4. The van der Waals surface area contributed by atoms with Gasteiger partial charge < -0.3 is 33.6 Å². The number of alkyl halides is 6. The molecule has 0 atom stereocenters. The highest BCUT2D eigenvalue weighted by Crippen LogP contribution is 2.34. The Hall–Kier alpha value is -6.94. The zero-order valence-electron chi connectivity index (χ0n) is 36.1. The first-order chi connectivity index (χ1) is 31.6. The van der Waals surface area contributed by atoms with Crippen LogP contribution in [-0.2, 0) is 39.8 Å². The number of aromatic nitrogens is 4. The van der Waals surface area contributed by atoms with Gasteiger partial charge in [0, 0.05) is 59.8 Å². The molecule has 68 heavy (non-hydrogen) atoms. The first kappa shape index (κ1) is 50.5. The van der Waals surface area contributed by atoms with Gasteiger partial charge in [-0.2, -0.15) is 26.3 Å². The number of anilines is 2. The minimum absolute atomic E-state index is 0. The summed E-state index contributed by atoms with van der Waals surface area (Å²) in [4.78, 5) is 42.8. The number of carbonyl (C=O) groups excluding carboxylic acids is 3. The van der Waals surface area contributed by atoms with Crippen molar-refractivity contribution in [3.05, 3.63) is 132 Å². The van der Waals surface area contributed by atoms with Gasteiger partial charge >= 0.3 is 30.2 Å². The van der Waals surface area contributed by atoms with Gasteiger partial charge in [0.25, 0.3) is 0 Å². The number of nitrogens with zero attached hydrogens (tertiary/aromatic N) is 7. The number of ether oxygens (including phenoxy) is 1. The molecule has 3 amide bonds. The van der Waals surface area contributed by atoms with Gasteiger partial charge in [-0.15, -0.1) is 32.8 Å². The molecule has 1 N–H and O–H groups in total. The lowest BCUT2D eigenvalue weighted by molar-refractivity contribution is -0.157. The SMILES string of the molecule is CC(C)(C)OC(=O)N1CC(C(=O)N(Cc2ccc(-c3nnc(C(F)(F)F)o3)cc2F)c2ccccc2)C1.Cl.O=C(C1CNC1)N(Cc1ccc(-c2nnc(C(F)(F)F)o2)cc1F)c1ccccc1. The highest BCUT2D eigenvalue weighted by atomic mass is 35.5. The number of benzene rings is 4. The van der Waals surface area contributed by atoms with E-state index >= 15 is 4.39 Å². The molecule has 0 saturated carbocycles. The van der Waals surface area contributed by atoms with Crippen LogP contribution in [0.1, 0.15) is 43.7 Å². The lowest BCUT2D eigenvalue weighted by Gasteiger charge is -2.41. The van der Waals surface area contributed by atoms with Crippen LogP contribution >= 0.6 is 12.4 Å². The van der Waals surface area contributed by atoms with E-state index in [4.69, 9.17) is 4.74 Å².